The quantitative estimate of drug-likeness (QED) is 0.782. The minimum absolute atomic E-state index is 0.481. The Labute approximate surface area is 103 Å². The van der Waals surface area contributed by atoms with Crippen LogP contribution in [0.1, 0.15) is 31.2 Å². The van der Waals surface area contributed by atoms with Gasteiger partial charge in [-0.05, 0) is 24.5 Å². The van der Waals surface area contributed by atoms with Gasteiger partial charge in [-0.1, -0.05) is 18.9 Å². The molecule has 0 amide bonds. The summed E-state index contributed by atoms with van der Waals surface area (Å²) < 4.78 is 5.89. The Balaban J connectivity index is 1.69. The Morgan fingerprint density at radius 2 is 2.29 bits per heavy atom. The SMILES string of the molecule is c1cncc(CN2CCOC3CCCCC32)c1. The molecule has 3 nitrogen and oxygen atoms in total. The van der Waals surface area contributed by atoms with Crippen LogP contribution in [0.4, 0.5) is 0 Å². The van der Waals surface area contributed by atoms with Gasteiger partial charge in [-0.15, -0.1) is 0 Å². The number of hydrogen-bond donors (Lipinski definition) is 0. The van der Waals surface area contributed by atoms with Crippen molar-refractivity contribution in [3.63, 3.8) is 0 Å². The van der Waals surface area contributed by atoms with E-state index >= 15 is 0 Å². The third-order valence-electron chi connectivity index (χ3n) is 3.96. The van der Waals surface area contributed by atoms with Crippen molar-refractivity contribution in [1.82, 2.24) is 9.88 Å². The molecule has 1 aliphatic heterocycles. The van der Waals surface area contributed by atoms with Crippen molar-refractivity contribution < 1.29 is 4.74 Å². The molecule has 2 atom stereocenters. The van der Waals surface area contributed by atoms with Crippen LogP contribution in [-0.4, -0.2) is 35.2 Å². The number of nitrogens with zero attached hydrogens (tertiary/aromatic N) is 2. The van der Waals surface area contributed by atoms with Crippen LogP contribution in [0.5, 0.6) is 0 Å². The van der Waals surface area contributed by atoms with Crippen LogP contribution in [0, 0.1) is 0 Å². The second-order valence-corrected chi connectivity index (χ2v) is 5.09. The summed E-state index contributed by atoms with van der Waals surface area (Å²) in [6.45, 7) is 2.98. The molecule has 17 heavy (non-hydrogen) atoms. The van der Waals surface area contributed by atoms with Crippen molar-refractivity contribution in [2.45, 2.75) is 44.4 Å². The molecular formula is C14H20N2O. The normalized spacial score (nSPS) is 29.9. The van der Waals surface area contributed by atoms with Crippen LogP contribution in [0.15, 0.2) is 24.5 Å². The van der Waals surface area contributed by atoms with Gasteiger partial charge in [0.2, 0.25) is 0 Å². The van der Waals surface area contributed by atoms with E-state index in [1.807, 2.05) is 18.5 Å². The van der Waals surface area contributed by atoms with Gasteiger partial charge in [-0.25, -0.2) is 0 Å². The highest BCUT2D eigenvalue weighted by Gasteiger charge is 2.33. The summed E-state index contributed by atoms with van der Waals surface area (Å²) in [6.07, 6.45) is 9.53. The van der Waals surface area contributed by atoms with Gasteiger partial charge in [-0.2, -0.15) is 0 Å². The fourth-order valence-corrected chi connectivity index (χ4v) is 3.10. The minimum Gasteiger partial charge on any atom is -0.375 e. The van der Waals surface area contributed by atoms with E-state index in [4.69, 9.17) is 4.74 Å². The second-order valence-electron chi connectivity index (χ2n) is 5.09. The molecule has 1 aromatic heterocycles. The van der Waals surface area contributed by atoms with Gasteiger partial charge in [0, 0.05) is 31.5 Å². The highest BCUT2D eigenvalue weighted by atomic mass is 16.5. The van der Waals surface area contributed by atoms with Crippen LogP contribution >= 0.6 is 0 Å². The monoisotopic (exact) mass is 232 g/mol. The molecule has 2 heterocycles. The molecule has 3 rings (SSSR count). The standard InChI is InChI=1S/C14H20N2O/c1-2-6-14-13(5-1)16(8-9-17-14)11-12-4-3-7-15-10-12/h3-4,7,10,13-14H,1-2,5-6,8-9,11H2. The predicted molar refractivity (Wildman–Crippen MR) is 66.6 cm³/mol. The maximum Gasteiger partial charge on any atom is 0.0731 e. The summed E-state index contributed by atoms with van der Waals surface area (Å²) in [5.74, 6) is 0. The summed E-state index contributed by atoms with van der Waals surface area (Å²) in [4.78, 5) is 6.78. The average molecular weight is 232 g/mol. The zero-order valence-electron chi connectivity index (χ0n) is 10.2. The summed E-state index contributed by atoms with van der Waals surface area (Å²) in [7, 11) is 0. The molecule has 1 aromatic rings. The van der Waals surface area contributed by atoms with E-state index in [1.165, 1.54) is 31.2 Å². The zero-order valence-corrected chi connectivity index (χ0v) is 10.2. The summed E-state index contributed by atoms with van der Waals surface area (Å²) in [6, 6.07) is 4.83. The van der Waals surface area contributed by atoms with Crippen molar-refractivity contribution >= 4 is 0 Å². The highest BCUT2D eigenvalue weighted by Crippen LogP contribution is 2.29. The van der Waals surface area contributed by atoms with Crippen LogP contribution in [-0.2, 0) is 11.3 Å². The van der Waals surface area contributed by atoms with Gasteiger partial charge in [0.1, 0.15) is 0 Å². The second kappa shape index (κ2) is 5.15. The maximum atomic E-state index is 5.89. The zero-order chi connectivity index (χ0) is 11.5. The number of hydrogen-bond acceptors (Lipinski definition) is 3. The fraction of sp³-hybridized carbons (Fsp3) is 0.643. The molecule has 0 bridgehead atoms. The van der Waals surface area contributed by atoms with Gasteiger partial charge in [0.25, 0.3) is 0 Å². The van der Waals surface area contributed by atoms with Gasteiger partial charge >= 0.3 is 0 Å². The molecule has 3 heteroatoms. The third kappa shape index (κ3) is 2.50. The molecule has 1 saturated carbocycles. The van der Waals surface area contributed by atoms with Crippen molar-refractivity contribution in [3.8, 4) is 0 Å². The molecule has 1 aliphatic carbocycles. The number of aromatic nitrogens is 1. The number of rotatable bonds is 2. The Kier molecular flexibility index (Phi) is 3.39. The smallest absolute Gasteiger partial charge is 0.0731 e. The first-order chi connectivity index (χ1) is 8.43. The molecule has 2 aliphatic rings. The summed E-state index contributed by atoms with van der Waals surface area (Å²) >= 11 is 0. The van der Waals surface area contributed by atoms with Crippen LogP contribution in [0.2, 0.25) is 0 Å². The van der Waals surface area contributed by atoms with E-state index < -0.39 is 0 Å². The summed E-state index contributed by atoms with van der Waals surface area (Å²) in [5, 5.41) is 0. The lowest BCUT2D eigenvalue weighted by molar-refractivity contribution is -0.0911. The fourth-order valence-electron chi connectivity index (χ4n) is 3.10. The molecule has 1 saturated heterocycles. The molecule has 92 valence electrons. The first-order valence-electron chi connectivity index (χ1n) is 6.68. The Bertz CT molecular complexity index is 352. The molecule has 2 fully saturated rings. The average Bonchev–Trinajstić information content (AvgIpc) is 2.40. The number of fused-ring (bicyclic) bond motifs is 1. The largest absolute Gasteiger partial charge is 0.375 e. The van der Waals surface area contributed by atoms with Crippen molar-refractivity contribution in [2.75, 3.05) is 13.2 Å². The Morgan fingerprint density at radius 3 is 3.18 bits per heavy atom. The van der Waals surface area contributed by atoms with Crippen molar-refractivity contribution in [3.05, 3.63) is 30.1 Å². The topological polar surface area (TPSA) is 25.4 Å². The maximum absolute atomic E-state index is 5.89. The third-order valence-corrected chi connectivity index (χ3v) is 3.96. The predicted octanol–water partition coefficient (Wildman–Crippen LogP) is 2.22. The lowest BCUT2D eigenvalue weighted by Crippen LogP contribution is -2.52. The molecule has 0 N–H and O–H groups in total. The van der Waals surface area contributed by atoms with Crippen LogP contribution in [0.25, 0.3) is 0 Å². The lowest BCUT2D eigenvalue weighted by atomic mass is 9.90. The molecule has 0 aromatic carbocycles. The van der Waals surface area contributed by atoms with Gasteiger partial charge in [0.05, 0.1) is 12.7 Å². The van der Waals surface area contributed by atoms with Crippen molar-refractivity contribution in [2.24, 2.45) is 0 Å². The van der Waals surface area contributed by atoms with E-state index in [0.29, 0.717) is 12.1 Å². The van der Waals surface area contributed by atoms with Gasteiger partial charge in [0.15, 0.2) is 0 Å². The van der Waals surface area contributed by atoms with E-state index in [-0.39, 0.29) is 0 Å². The van der Waals surface area contributed by atoms with E-state index in [0.717, 1.165) is 19.7 Å². The van der Waals surface area contributed by atoms with Crippen LogP contribution < -0.4 is 0 Å². The van der Waals surface area contributed by atoms with E-state index in [2.05, 4.69) is 16.0 Å². The Morgan fingerprint density at radius 1 is 1.35 bits per heavy atom. The van der Waals surface area contributed by atoms with Gasteiger partial charge < -0.3 is 4.74 Å². The van der Waals surface area contributed by atoms with Gasteiger partial charge in [-0.3, -0.25) is 9.88 Å². The lowest BCUT2D eigenvalue weighted by Gasteiger charge is -2.43. The van der Waals surface area contributed by atoms with E-state index in [1.54, 1.807) is 0 Å². The Hall–Kier alpha value is -0.930. The first kappa shape index (κ1) is 11.2. The molecule has 2 unspecified atom stereocenters. The number of ether oxygens (including phenoxy) is 1. The molecule has 0 spiro atoms. The molecule has 0 radical (unpaired) electrons. The minimum atomic E-state index is 0.481. The number of pyridine rings is 1. The van der Waals surface area contributed by atoms with E-state index in [9.17, 15) is 0 Å². The van der Waals surface area contributed by atoms with Crippen molar-refractivity contribution in [1.29, 1.82) is 0 Å². The number of morpholine rings is 1. The highest BCUT2D eigenvalue weighted by molar-refractivity contribution is 5.09. The van der Waals surface area contributed by atoms with Crippen LogP contribution in [0.3, 0.4) is 0 Å². The first-order valence-corrected chi connectivity index (χ1v) is 6.68. The molecular weight excluding hydrogens is 212 g/mol. The summed E-state index contributed by atoms with van der Waals surface area (Å²) in [5.41, 5.74) is 1.32.